The highest BCUT2D eigenvalue weighted by atomic mass is 16.5. The van der Waals surface area contributed by atoms with Crippen LogP contribution in [0.25, 0.3) is 0 Å². The van der Waals surface area contributed by atoms with Gasteiger partial charge in [-0.1, -0.05) is 13.8 Å². The molecule has 100 valence electrons. The third kappa shape index (κ3) is 6.64. The summed E-state index contributed by atoms with van der Waals surface area (Å²) >= 11 is 0. The summed E-state index contributed by atoms with van der Waals surface area (Å²) in [6, 6.07) is 0. The molecule has 0 aliphatic carbocycles. The van der Waals surface area contributed by atoms with E-state index >= 15 is 0 Å². The summed E-state index contributed by atoms with van der Waals surface area (Å²) in [6.45, 7) is 8.50. The van der Waals surface area contributed by atoms with Gasteiger partial charge in [-0.25, -0.2) is 0 Å². The lowest BCUT2D eigenvalue weighted by Crippen LogP contribution is -2.38. The van der Waals surface area contributed by atoms with Crippen molar-refractivity contribution in [3.8, 4) is 0 Å². The van der Waals surface area contributed by atoms with Crippen molar-refractivity contribution in [3.63, 3.8) is 0 Å². The van der Waals surface area contributed by atoms with E-state index in [-0.39, 0.29) is 11.8 Å². The molecule has 0 aromatic carbocycles. The maximum absolute atomic E-state index is 11.8. The summed E-state index contributed by atoms with van der Waals surface area (Å²) in [7, 11) is 0. The van der Waals surface area contributed by atoms with Crippen LogP contribution in [0.15, 0.2) is 0 Å². The molecule has 1 amide bonds. The van der Waals surface area contributed by atoms with E-state index < -0.39 is 0 Å². The molecule has 2 N–H and O–H groups in total. The van der Waals surface area contributed by atoms with Crippen LogP contribution in [-0.4, -0.2) is 38.8 Å². The largest absolute Gasteiger partial charge is 0.381 e. The lowest BCUT2D eigenvalue weighted by Gasteiger charge is -2.21. The van der Waals surface area contributed by atoms with Gasteiger partial charge >= 0.3 is 0 Å². The van der Waals surface area contributed by atoms with Crippen molar-refractivity contribution >= 4 is 5.91 Å². The van der Waals surface area contributed by atoms with E-state index in [1.165, 1.54) is 0 Å². The van der Waals surface area contributed by atoms with Crippen molar-refractivity contribution in [2.45, 2.75) is 33.1 Å². The Bertz CT molecular complexity index is 213. The highest BCUT2D eigenvalue weighted by molar-refractivity contribution is 5.78. The molecule has 0 aromatic rings. The maximum Gasteiger partial charge on any atom is 0.223 e. The quantitative estimate of drug-likeness (QED) is 0.659. The summed E-state index contributed by atoms with van der Waals surface area (Å²) in [5.41, 5.74) is 0. The third-order valence-corrected chi connectivity index (χ3v) is 2.93. The molecule has 0 atom stereocenters. The average Bonchev–Trinajstić information content (AvgIpc) is 2.34. The average molecular weight is 242 g/mol. The Morgan fingerprint density at radius 1 is 1.41 bits per heavy atom. The lowest BCUT2D eigenvalue weighted by molar-refractivity contribution is -0.125. The van der Waals surface area contributed by atoms with Crippen LogP contribution in [0.5, 0.6) is 0 Å². The highest BCUT2D eigenvalue weighted by Gasteiger charge is 2.19. The molecule has 0 radical (unpaired) electrons. The molecule has 1 aliphatic rings. The van der Waals surface area contributed by atoms with Crippen LogP contribution in [0.2, 0.25) is 0 Å². The van der Waals surface area contributed by atoms with Crippen LogP contribution in [0.4, 0.5) is 0 Å². The van der Waals surface area contributed by atoms with Crippen LogP contribution in [0.3, 0.4) is 0 Å². The summed E-state index contributed by atoms with van der Waals surface area (Å²) in [5, 5.41) is 6.26. The summed E-state index contributed by atoms with van der Waals surface area (Å²) in [6.07, 6.45) is 2.84. The van der Waals surface area contributed by atoms with Gasteiger partial charge in [0.25, 0.3) is 0 Å². The number of carbonyl (C=O) groups is 1. The third-order valence-electron chi connectivity index (χ3n) is 2.93. The van der Waals surface area contributed by atoms with Gasteiger partial charge in [0.2, 0.25) is 5.91 Å². The van der Waals surface area contributed by atoms with Crippen molar-refractivity contribution in [1.82, 2.24) is 10.6 Å². The van der Waals surface area contributed by atoms with Gasteiger partial charge in [-0.3, -0.25) is 4.79 Å². The van der Waals surface area contributed by atoms with Gasteiger partial charge < -0.3 is 15.4 Å². The van der Waals surface area contributed by atoms with Crippen LogP contribution in [0.1, 0.15) is 33.1 Å². The van der Waals surface area contributed by atoms with Gasteiger partial charge in [0.05, 0.1) is 0 Å². The van der Waals surface area contributed by atoms with Gasteiger partial charge in [0.1, 0.15) is 0 Å². The number of ether oxygens (including phenoxy) is 1. The Kier molecular flexibility index (Phi) is 7.21. The number of carbonyl (C=O) groups excluding carboxylic acids is 1. The highest BCUT2D eigenvalue weighted by Crippen LogP contribution is 2.11. The predicted molar refractivity (Wildman–Crippen MR) is 68.9 cm³/mol. The van der Waals surface area contributed by atoms with Crippen molar-refractivity contribution in [3.05, 3.63) is 0 Å². The second-order valence-corrected chi connectivity index (χ2v) is 5.14. The number of hydrogen-bond acceptors (Lipinski definition) is 3. The SMILES string of the molecule is CC(C)COCCCNC(=O)C1CCNCC1. The zero-order chi connectivity index (χ0) is 12.5. The smallest absolute Gasteiger partial charge is 0.223 e. The molecule has 1 heterocycles. The summed E-state index contributed by atoms with van der Waals surface area (Å²) in [5.74, 6) is 1.02. The Hall–Kier alpha value is -0.610. The number of nitrogens with one attached hydrogen (secondary N) is 2. The first kappa shape index (κ1) is 14.5. The summed E-state index contributed by atoms with van der Waals surface area (Å²) in [4.78, 5) is 11.8. The molecule has 0 aromatic heterocycles. The first-order valence-corrected chi connectivity index (χ1v) is 6.76. The van der Waals surface area contributed by atoms with E-state index in [2.05, 4.69) is 24.5 Å². The van der Waals surface area contributed by atoms with E-state index in [1.807, 2.05) is 0 Å². The molecule has 0 bridgehead atoms. The Labute approximate surface area is 104 Å². The zero-order valence-electron chi connectivity index (χ0n) is 11.1. The molecular weight excluding hydrogens is 216 g/mol. The van der Waals surface area contributed by atoms with Gasteiger partial charge in [-0.2, -0.15) is 0 Å². The van der Waals surface area contributed by atoms with Crippen LogP contribution in [0, 0.1) is 11.8 Å². The first-order valence-electron chi connectivity index (χ1n) is 6.76. The van der Waals surface area contributed by atoms with Crippen molar-refractivity contribution < 1.29 is 9.53 Å². The second kappa shape index (κ2) is 8.48. The molecule has 1 fully saturated rings. The van der Waals surface area contributed by atoms with Crippen LogP contribution >= 0.6 is 0 Å². The zero-order valence-corrected chi connectivity index (χ0v) is 11.1. The molecule has 0 saturated carbocycles. The van der Waals surface area contributed by atoms with Gasteiger partial charge in [-0.15, -0.1) is 0 Å². The number of piperidine rings is 1. The first-order chi connectivity index (χ1) is 8.20. The Balaban J connectivity index is 1.96. The van der Waals surface area contributed by atoms with Crippen molar-refractivity contribution in [1.29, 1.82) is 0 Å². The molecule has 0 spiro atoms. The van der Waals surface area contributed by atoms with E-state index in [1.54, 1.807) is 0 Å². The normalized spacial score (nSPS) is 17.4. The van der Waals surface area contributed by atoms with E-state index in [0.29, 0.717) is 5.92 Å². The fourth-order valence-electron chi connectivity index (χ4n) is 1.93. The Morgan fingerprint density at radius 3 is 2.76 bits per heavy atom. The van der Waals surface area contributed by atoms with E-state index in [9.17, 15) is 4.79 Å². The standard InChI is InChI=1S/C13H26N2O2/c1-11(2)10-17-9-3-6-15-13(16)12-4-7-14-8-5-12/h11-12,14H,3-10H2,1-2H3,(H,15,16). The Morgan fingerprint density at radius 2 is 2.12 bits per heavy atom. The minimum absolute atomic E-state index is 0.216. The van der Waals surface area contributed by atoms with E-state index in [0.717, 1.165) is 52.1 Å². The monoisotopic (exact) mass is 242 g/mol. The maximum atomic E-state index is 11.8. The summed E-state index contributed by atoms with van der Waals surface area (Å²) < 4.78 is 5.46. The predicted octanol–water partition coefficient (Wildman–Crippen LogP) is 1.16. The van der Waals surface area contributed by atoms with Gasteiger partial charge in [0, 0.05) is 25.7 Å². The van der Waals surface area contributed by atoms with Gasteiger partial charge in [-0.05, 0) is 38.3 Å². The van der Waals surface area contributed by atoms with Gasteiger partial charge in [0.15, 0.2) is 0 Å². The molecule has 17 heavy (non-hydrogen) atoms. The lowest BCUT2D eigenvalue weighted by atomic mass is 9.97. The van der Waals surface area contributed by atoms with Crippen molar-refractivity contribution in [2.75, 3.05) is 32.8 Å². The fraction of sp³-hybridized carbons (Fsp3) is 0.923. The molecule has 1 rings (SSSR count). The minimum atomic E-state index is 0.216. The fourth-order valence-corrected chi connectivity index (χ4v) is 1.93. The second-order valence-electron chi connectivity index (χ2n) is 5.14. The van der Waals surface area contributed by atoms with E-state index in [4.69, 9.17) is 4.74 Å². The molecule has 0 unspecified atom stereocenters. The minimum Gasteiger partial charge on any atom is -0.381 e. The number of amides is 1. The molecule has 1 aliphatic heterocycles. The van der Waals surface area contributed by atoms with Crippen molar-refractivity contribution in [2.24, 2.45) is 11.8 Å². The van der Waals surface area contributed by atoms with Crippen LogP contribution < -0.4 is 10.6 Å². The molecular formula is C13H26N2O2. The molecule has 1 saturated heterocycles. The number of rotatable bonds is 7. The molecule has 4 heteroatoms. The topological polar surface area (TPSA) is 50.4 Å². The molecule has 4 nitrogen and oxygen atoms in total. The van der Waals surface area contributed by atoms with Crippen LogP contribution in [-0.2, 0) is 9.53 Å². The number of hydrogen-bond donors (Lipinski definition) is 2.